The van der Waals surface area contributed by atoms with Crippen molar-refractivity contribution in [1.29, 1.82) is 0 Å². The summed E-state index contributed by atoms with van der Waals surface area (Å²) < 4.78 is 5.93. The molecular weight excluding hydrogens is 374 g/mol. The van der Waals surface area contributed by atoms with Gasteiger partial charge in [0.1, 0.15) is 5.52 Å². The number of hydrogen-bond donors (Lipinski definition) is 1. The van der Waals surface area contributed by atoms with E-state index < -0.39 is 0 Å². The number of nitrogens with zero attached hydrogens (tertiary/aromatic N) is 2. The van der Waals surface area contributed by atoms with Crippen molar-refractivity contribution in [2.45, 2.75) is 37.8 Å². The highest BCUT2D eigenvalue weighted by Crippen LogP contribution is 2.27. The molecule has 0 spiro atoms. The van der Waals surface area contributed by atoms with Gasteiger partial charge in [0.15, 0.2) is 17.5 Å². The molecule has 2 fully saturated rings. The fourth-order valence-electron chi connectivity index (χ4n) is 4.38. The highest BCUT2D eigenvalue weighted by Gasteiger charge is 2.46. The Labute approximate surface area is 166 Å². The number of para-hydroxylation sites is 2. The molecule has 5 rings (SSSR count). The van der Waals surface area contributed by atoms with Crippen LogP contribution < -0.4 is 4.90 Å². The van der Waals surface area contributed by atoms with Crippen molar-refractivity contribution in [3.8, 4) is 0 Å². The van der Waals surface area contributed by atoms with Gasteiger partial charge in [-0.1, -0.05) is 18.2 Å². The lowest BCUT2D eigenvalue weighted by atomic mass is 9.95. The van der Waals surface area contributed by atoms with Gasteiger partial charge in [0.2, 0.25) is 5.91 Å². The molecule has 28 heavy (non-hydrogen) atoms. The molecule has 1 aromatic carbocycles. The highest BCUT2D eigenvalue weighted by molar-refractivity contribution is 7.09. The summed E-state index contributed by atoms with van der Waals surface area (Å²) in [5.74, 6) is 1.02. The molecule has 1 atom stereocenters. The van der Waals surface area contributed by atoms with Crippen LogP contribution in [-0.4, -0.2) is 40.8 Å². The number of nitrogens with one attached hydrogen (secondary N) is 1. The molecular formula is C21H22N3O3S+. The molecule has 4 heterocycles. The van der Waals surface area contributed by atoms with Gasteiger partial charge in [-0.05, 0) is 23.6 Å². The Morgan fingerprint density at radius 2 is 1.96 bits per heavy atom. The third-order valence-corrected chi connectivity index (χ3v) is 6.78. The summed E-state index contributed by atoms with van der Waals surface area (Å²) in [4.78, 5) is 33.6. The van der Waals surface area contributed by atoms with Crippen LogP contribution >= 0.6 is 11.3 Å². The monoisotopic (exact) mass is 396 g/mol. The van der Waals surface area contributed by atoms with Crippen molar-refractivity contribution in [2.24, 2.45) is 0 Å². The van der Waals surface area contributed by atoms with Crippen LogP contribution in [-0.2, 0) is 16.1 Å². The number of benzene rings is 1. The number of thiophene rings is 1. The first kappa shape index (κ1) is 17.6. The minimum absolute atomic E-state index is 0.0197. The van der Waals surface area contributed by atoms with Gasteiger partial charge in [0.05, 0.1) is 26.1 Å². The van der Waals surface area contributed by atoms with Crippen molar-refractivity contribution in [3.05, 3.63) is 52.5 Å². The van der Waals surface area contributed by atoms with E-state index in [1.807, 2.05) is 41.8 Å². The van der Waals surface area contributed by atoms with Gasteiger partial charge in [-0.25, -0.2) is 4.98 Å². The summed E-state index contributed by atoms with van der Waals surface area (Å²) in [5.41, 5.74) is 1.72. The van der Waals surface area contributed by atoms with Gasteiger partial charge in [0, 0.05) is 23.6 Å². The summed E-state index contributed by atoms with van der Waals surface area (Å²) in [7, 11) is 0. The molecule has 0 radical (unpaired) electrons. The maximum Gasteiger partial charge on any atom is 0.288 e. The number of amides is 2. The van der Waals surface area contributed by atoms with Gasteiger partial charge in [0.25, 0.3) is 5.91 Å². The smallest absolute Gasteiger partial charge is 0.288 e. The quantitative estimate of drug-likeness (QED) is 0.685. The third-order valence-electron chi connectivity index (χ3n) is 5.92. The van der Waals surface area contributed by atoms with E-state index in [4.69, 9.17) is 4.42 Å². The Balaban J connectivity index is 1.24. The standard InChI is InChI=1S/C21H21N3O3S/c25-19-12-17(21(26)24(19)13-15-4-3-11-28-15)23-9-7-14(8-10-23)20-22-16-5-1-2-6-18(16)27-20/h1-6,11,14,17H,7-10,12-13H2/p+1/t17-/m0/s1. The number of oxazole rings is 1. The van der Waals surface area contributed by atoms with Gasteiger partial charge >= 0.3 is 0 Å². The Bertz CT molecular complexity index is 972. The average Bonchev–Trinajstić information content (AvgIpc) is 3.44. The van der Waals surface area contributed by atoms with Gasteiger partial charge < -0.3 is 9.32 Å². The first-order valence-corrected chi connectivity index (χ1v) is 10.6. The zero-order chi connectivity index (χ0) is 19.1. The summed E-state index contributed by atoms with van der Waals surface area (Å²) in [6, 6.07) is 11.5. The molecule has 2 aliphatic rings. The molecule has 0 saturated carbocycles. The molecule has 0 bridgehead atoms. The van der Waals surface area contributed by atoms with E-state index in [9.17, 15) is 9.59 Å². The molecule has 3 aromatic rings. The lowest BCUT2D eigenvalue weighted by Gasteiger charge is -2.30. The van der Waals surface area contributed by atoms with Crippen molar-refractivity contribution >= 4 is 34.3 Å². The van der Waals surface area contributed by atoms with E-state index in [0.29, 0.717) is 13.0 Å². The summed E-state index contributed by atoms with van der Waals surface area (Å²) in [6.07, 6.45) is 2.17. The number of carbonyl (C=O) groups is 2. The number of hydrogen-bond acceptors (Lipinski definition) is 5. The van der Waals surface area contributed by atoms with Crippen LogP contribution in [0.2, 0.25) is 0 Å². The first-order chi connectivity index (χ1) is 13.7. The Hall–Kier alpha value is -2.51. The predicted molar refractivity (Wildman–Crippen MR) is 105 cm³/mol. The molecule has 2 aliphatic heterocycles. The van der Waals surface area contributed by atoms with Crippen molar-refractivity contribution in [1.82, 2.24) is 9.88 Å². The number of carbonyl (C=O) groups excluding carboxylic acids is 2. The van der Waals surface area contributed by atoms with E-state index >= 15 is 0 Å². The number of quaternary nitrogens is 1. The van der Waals surface area contributed by atoms with Gasteiger partial charge in [-0.2, -0.15) is 0 Å². The Kier molecular flexibility index (Phi) is 4.49. The fraction of sp³-hybridized carbons (Fsp3) is 0.381. The number of rotatable bonds is 4. The second-order valence-electron chi connectivity index (χ2n) is 7.61. The fourth-order valence-corrected chi connectivity index (χ4v) is 5.07. The Morgan fingerprint density at radius 3 is 2.71 bits per heavy atom. The largest absolute Gasteiger partial charge is 0.440 e. The molecule has 1 N–H and O–H groups in total. The normalized spacial score (nSPS) is 25.7. The molecule has 7 heteroatoms. The average molecular weight is 396 g/mol. The van der Waals surface area contributed by atoms with Crippen LogP contribution in [0.4, 0.5) is 0 Å². The maximum atomic E-state index is 12.9. The lowest BCUT2D eigenvalue weighted by Crippen LogP contribution is -3.17. The second kappa shape index (κ2) is 7.14. The minimum Gasteiger partial charge on any atom is -0.440 e. The predicted octanol–water partition coefficient (Wildman–Crippen LogP) is 1.98. The molecule has 0 unspecified atom stereocenters. The van der Waals surface area contributed by atoms with E-state index in [0.717, 1.165) is 47.8 Å². The zero-order valence-electron chi connectivity index (χ0n) is 15.5. The number of piperidine rings is 1. The van der Waals surface area contributed by atoms with Crippen molar-refractivity contribution in [3.63, 3.8) is 0 Å². The number of aromatic nitrogens is 1. The molecule has 6 nitrogen and oxygen atoms in total. The molecule has 2 amide bonds. The van der Waals surface area contributed by atoms with Crippen molar-refractivity contribution < 1.29 is 18.9 Å². The first-order valence-electron chi connectivity index (χ1n) is 9.75. The molecule has 0 aliphatic carbocycles. The van der Waals surface area contributed by atoms with E-state index in [1.54, 1.807) is 11.3 Å². The minimum atomic E-state index is -0.239. The van der Waals surface area contributed by atoms with Gasteiger partial charge in [-0.15, -0.1) is 11.3 Å². The number of imide groups is 1. The van der Waals surface area contributed by atoms with E-state index in [2.05, 4.69) is 4.98 Å². The number of likely N-dealkylation sites (tertiary alicyclic amines) is 2. The molecule has 144 valence electrons. The van der Waals surface area contributed by atoms with E-state index in [-0.39, 0.29) is 23.8 Å². The van der Waals surface area contributed by atoms with Crippen molar-refractivity contribution in [2.75, 3.05) is 13.1 Å². The summed E-state index contributed by atoms with van der Waals surface area (Å²) >= 11 is 1.58. The van der Waals surface area contributed by atoms with Crippen LogP contribution in [0.5, 0.6) is 0 Å². The lowest BCUT2D eigenvalue weighted by molar-refractivity contribution is -0.920. The molecule has 2 aromatic heterocycles. The summed E-state index contributed by atoms with van der Waals surface area (Å²) in [5, 5.41) is 1.97. The molecule has 2 saturated heterocycles. The topological polar surface area (TPSA) is 67.9 Å². The second-order valence-corrected chi connectivity index (χ2v) is 8.64. The Morgan fingerprint density at radius 1 is 1.14 bits per heavy atom. The van der Waals surface area contributed by atoms with Crippen LogP contribution in [0.25, 0.3) is 11.1 Å². The maximum absolute atomic E-state index is 12.9. The number of fused-ring (bicyclic) bond motifs is 1. The zero-order valence-corrected chi connectivity index (χ0v) is 16.3. The van der Waals surface area contributed by atoms with Crippen LogP contribution in [0.15, 0.2) is 46.2 Å². The van der Waals surface area contributed by atoms with Gasteiger partial charge in [-0.3, -0.25) is 14.5 Å². The van der Waals surface area contributed by atoms with Crippen LogP contribution in [0.3, 0.4) is 0 Å². The van der Waals surface area contributed by atoms with Crippen LogP contribution in [0, 0.1) is 0 Å². The summed E-state index contributed by atoms with van der Waals surface area (Å²) in [6.45, 7) is 2.13. The van der Waals surface area contributed by atoms with E-state index in [1.165, 1.54) is 9.80 Å². The highest BCUT2D eigenvalue weighted by atomic mass is 32.1. The SMILES string of the molecule is O=C1C[C@H]([NH+]2CCC(c3nc4ccccc4o3)CC2)C(=O)N1Cc1cccs1. The van der Waals surface area contributed by atoms with Crippen LogP contribution in [0.1, 0.15) is 35.9 Å². The third kappa shape index (κ3) is 3.14.